The Bertz CT molecular complexity index is 187. The Kier molecular flexibility index (Phi) is 6.57. The average molecular weight is 216 g/mol. The highest BCUT2D eigenvalue weighted by atomic mass is 16.5. The summed E-state index contributed by atoms with van der Waals surface area (Å²) < 4.78 is 10.9. The summed E-state index contributed by atoms with van der Waals surface area (Å²) in [5, 5.41) is 0. The van der Waals surface area contributed by atoms with Gasteiger partial charge in [-0.3, -0.25) is 4.79 Å². The van der Waals surface area contributed by atoms with Gasteiger partial charge in [-0.2, -0.15) is 0 Å². The van der Waals surface area contributed by atoms with E-state index >= 15 is 0 Å². The lowest BCUT2D eigenvalue weighted by Gasteiger charge is -2.28. The van der Waals surface area contributed by atoms with Gasteiger partial charge in [-0.05, 0) is 27.2 Å². The minimum atomic E-state index is -0.219. The first-order valence-corrected chi connectivity index (χ1v) is 5.74. The lowest BCUT2D eigenvalue weighted by Crippen LogP contribution is -2.31. The fraction of sp³-hybridized carbons (Fsp3) is 0.917. The molecule has 0 aliphatic rings. The van der Waals surface area contributed by atoms with E-state index < -0.39 is 0 Å². The van der Waals surface area contributed by atoms with Crippen molar-refractivity contribution in [1.82, 2.24) is 0 Å². The predicted octanol–water partition coefficient (Wildman–Crippen LogP) is 2.92. The van der Waals surface area contributed by atoms with E-state index in [0.717, 1.165) is 19.4 Å². The van der Waals surface area contributed by atoms with E-state index in [9.17, 15) is 4.79 Å². The number of ether oxygens (including phenoxy) is 2. The van der Waals surface area contributed by atoms with E-state index in [1.54, 1.807) is 6.92 Å². The maximum atomic E-state index is 11.1. The van der Waals surface area contributed by atoms with Crippen LogP contribution in [0.2, 0.25) is 0 Å². The van der Waals surface area contributed by atoms with E-state index in [0.29, 0.717) is 6.42 Å². The molecule has 1 unspecified atom stereocenters. The quantitative estimate of drug-likeness (QED) is 0.614. The van der Waals surface area contributed by atoms with Gasteiger partial charge in [0.05, 0.1) is 5.60 Å². The van der Waals surface area contributed by atoms with Crippen molar-refractivity contribution in [3.8, 4) is 0 Å². The number of hydrogen-bond donors (Lipinski definition) is 0. The van der Waals surface area contributed by atoms with Crippen LogP contribution in [0.5, 0.6) is 0 Å². The smallest absolute Gasteiger partial charge is 0.305 e. The zero-order chi connectivity index (χ0) is 11.9. The molecule has 0 bridgehead atoms. The van der Waals surface area contributed by atoms with Crippen molar-refractivity contribution in [2.75, 3.05) is 6.61 Å². The highest BCUT2D eigenvalue weighted by molar-refractivity contribution is 5.69. The summed E-state index contributed by atoms with van der Waals surface area (Å²) in [7, 11) is 0. The van der Waals surface area contributed by atoms with Crippen LogP contribution in [-0.4, -0.2) is 24.3 Å². The Hall–Kier alpha value is -0.570. The lowest BCUT2D eigenvalue weighted by molar-refractivity contribution is -0.151. The van der Waals surface area contributed by atoms with Gasteiger partial charge in [0, 0.05) is 19.4 Å². The van der Waals surface area contributed by atoms with Gasteiger partial charge in [0.25, 0.3) is 0 Å². The maximum Gasteiger partial charge on any atom is 0.305 e. The summed E-state index contributed by atoms with van der Waals surface area (Å²) in [4.78, 5) is 11.1. The van der Waals surface area contributed by atoms with Gasteiger partial charge in [-0.15, -0.1) is 0 Å². The van der Waals surface area contributed by atoms with Crippen molar-refractivity contribution < 1.29 is 14.3 Å². The molecule has 0 aliphatic heterocycles. The second-order valence-corrected chi connectivity index (χ2v) is 4.47. The van der Waals surface area contributed by atoms with Crippen LogP contribution in [0.3, 0.4) is 0 Å². The first kappa shape index (κ1) is 14.4. The van der Waals surface area contributed by atoms with Gasteiger partial charge in [0.1, 0.15) is 6.10 Å². The minimum absolute atomic E-state index is 0.0793. The van der Waals surface area contributed by atoms with E-state index in [4.69, 9.17) is 9.47 Å². The summed E-state index contributed by atoms with van der Waals surface area (Å²) in [6.45, 7) is 10.6. The normalized spacial score (nSPS) is 13.7. The first-order chi connectivity index (χ1) is 6.91. The van der Waals surface area contributed by atoms with Crippen molar-refractivity contribution >= 4 is 5.97 Å². The van der Waals surface area contributed by atoms with Crippen LogP contribution < -0.4 is 0 Å². The van der Waals surface area contributed by atoms with Crippen LogP contribution >= 0.6 is 0 Å². The van der Waals surface area contributed by atoms with Gasteiger partial charge in [0.2, 0.25) is 0 Å². The van der Waals surface area contributed by atoms with Gasteiger partial charge >= 0.3 is 5.97 Å². The van der Waals surface area contributed by atoms with Gasteiger partial charge < -0.3 is 9.47 Å². The molecule has 0 aromatic heterocycles. The number of esters is 1. The molecule has 0 saturated carbocycles. The molecule has 0 aromatic carbocycles. The molecule has 0 saturated heterocycles. The number of carbonyl (C=O) groups excluding carboxylic acids is 1. The van der Waals surface area contributed by atoms with E-state index in [1.165, 1.54) is 0 Å². The summed E-state index contributed by atoms with van der Waals surface area (Å²) in [6.07, 6.45) is 2.09. The number of rotatable bonds is 7. The molecule has 0 heterocycles. The summed E-state index contributed by atoms with van der Waals surface area (Å²) in [6, 6.07) is 0. The van der Waals surface area contributed by atoms with Crippen LogP contribution in [0.4, 0.5) is 0 Å². The fourth-order valence-corrected chi connectivity index (χ4v) is 1.48. The second kappa shape index (κ2) is 6.83. The Balaban J connectivity index is 3.92. The fourth-order valence-electron chi connectivity index (χ4n) is 1.48. The molecule has 0 aromatic rings. The van der Waals surface area contributed by atoms with Crippen LogP contribution in [0.1, 0.15) is 53.9 Å². The molecule has 90 valence electrons. The molecular weight excluding hydrogens is 192 g/mol. The van der Waals surface area contributed by atoms with Crippen LogP contribution in [-0.2, 0) is 14.3 Å². The van der Waals surface area contributed by atoms with Crippen molar-refractivity contribution in [2.24, 2.45) is 0 Å². The van der Waals surface area contributed by atoms with Crippen molar-refractivity contribution in [1.29, 1.82) is 0 Å². The second-order valence-electron chi connectivity index (χ2n) is 4.47. The maximum absolute atomic E-state index is 11.1. The highest BCUT2D eigenvalue weighted by Gasteiger charge is 2.23. The van der Waals surface area contributed by atoms with Gasteiger partial charge in [-0.1, -0.05) is 13.8 Å². The summed E-state index contributed by atoms with van der Waals surface area (Å²) >= 11 is 0. The lowest BCUT2D eigenvalue weighted by atomic mass is 10.0. The van der Waals surface area contributed by atoms with Crippen molar-refractivity contribution in [2.45, 2.75) is 65.6 Å². The first-order valence-electron chi connectivity index (χ1n) is 5.74. The molecular formula is C12H24O3. The Morgan fingerprint density at radius 3 is 2.40 bits per heavy atom. The van der Waals surface area contributed by atoms with Crippen LogP contribution in [0, 0.1) is 0 Å². The molecule has 0 fully saturated rings. The third kappa shape index (κ3) is 7.37. The summed E-state index contributed by atoms with van der Waals surface area (Å²) in [5.41, 5.74) is -0.219. The van der Waals surface area contributed by atoms with Crippen molar-refractivity contribution in [3.05, 3.63) is 0 Å². The zero-order valence-corrected chi connectivity index (χ0v) is 10.6. The average Bonchev–Trinajstić information content (AvgIpc) is 2.13. The van der Waals surface area contributed by atoms with Crippen LogP contribution in [0.15, 0.2) is 0 Å². The zero-order valence-electron chi connectivity index (χ0n) is 10.6. The monoisotopic (exact) mass is 216 g/mol. The molecule has 0 radical (unpaired) electrons. The topological polar surface area (TPSA) is 35.5 Å². The molecule has 0 amide bonds. The SMILES string of the molecule is CCCOC(C)(C)CC(C)OC(=O)CC. The molecule has 3 heteroatoms. The van der Waals surface area contributed by atoms with Gasteiger partial charge in [0.15, 0.2) is 0 Å². The Morgan fingerprint density at radius 2 is 1.93 bits per heavy atom. The Morgan fingerprint density at radius 1 is 1.33 bits per heavy atom. The van der Waals surface area contributed by atoms with E-state index in [-0.39, 0.29) is 17.7 Å². The minimum Gasteiger partial charge on any atom is -0.463 e. The third-order valence-corrected chi connectivity index (χ3v) is 2.10. The highest BCUT2D eigenvalue weighted by Crippen LogP contribution is 2.19. The number of hydrogen-bond acceptors (Lipinski definition) is 3. The largest absolute Gasteiger partial charge is 0.463 e. The molecule has 15 heavy (non-hydrogen) atoms. The van der Waals surface area contributed by atoms with Crippen molar-refractivity contribution in [3.63, 3.8) is 0 Å². The summed E-state index contributed by atoms with van der Waals surface area (Å²) in [5.74, 6) is -0.145. The van der Waals surface area contributed by atoms with Crippen LogP contribution in [0.25, 0.3) is 0 Å². The van der Waals surface area contributed by atoms with Gasteiger partial charge in [-0.25, -0.2) is 0 Å². The number of carbonyl (C=O) groups is 1. The molecule has 0 rings (SSSR count). The predicted molar refractivity (Wildman–Crippen MR) is 60.8 cm³/mol. The molecule has 0 aliphatic carbocycles. The van der Waals surface area contributed by atoms with E-state index in [2.05, 4.69) is 6.92 Å². The molecule has 0 N–H and O–H groups in total. The third-order valence-electron chi connectivity index (χ3n) is 2.10. The van der Waals surface area contributed by atoms with E-state index in [1.807, 2.05) is 20.8 Å². The molecule has 0 spiro atoms. The molecule has 3 nitrogen and oxygen atoms in total. The molecule has 1 atom stereocenters. The Labute approximate surface area is 93.1 Å². The standard InChI is InChI=1S/C12H24O3/c1-6-8-14-12(4,5)9-10(3)15-11(13)7-2/h10H,6-9H2,1-5H3.